The van der Waals surface area contributed by atoms with Crippen LogP contribution in [0.5, 0.6) is 0 Å². The first-order chi connectivity index (χ1) is 6.29. The fraction of sp³-hybridized carbons (Fsp3) is 1.00. The molecule has 0 aromatic rings. The van der Waals surface area contributed by atoms with Gasteiger partial charge in [-0.1, -0.05) is 0 Å². The summed E-state index contributed by atoms with van der Waals surface area (Å²) in [7, 11) is 1.76. The maximum Gasteiger partial charge on any atom is 0.113 e. The molecular formula is C10H18FNO. The normalized spacial score (nSPS) is 41.5. The van der Waals surface area contributed by atoms with E-state index in [1.54, 1.807) is 7.11 Å². The maximum absolute atomic E-state index is 13.1. The van der Waals surface area contributed by atoms with Crippen molar-refractivity contribution in [1.82, 2.24) is 4.90 Å². The fourth-order valence-corrected chi connectivity index (χ4v) is 2.31. The maximum atomic E-state index is 13.1. The minimum absolute atomic E-state index is 0.435. The lowest BCUT2D eigenvalue weighted by atomic mass is 9.86. The number of nitrogens with zero attached hydrogens (tertiary/aromatic N) is 1. The highest BCUT2D eigenvalue weighted by Crippen LogP contribution is 2.30. The van der Waals surface area contributed by atoms with Gasteiger partial charge in [0.1, 0.15) is 6.17 Å². The van der Waals surface area contributed by atoms with Crippen molar-refractivity contribution >= 4 is 0 Å². The lowest BCUT2D eigenvalue weighted by Gasteiger charge is -2.44. The highest BCUT2D eigenvalue weighted by atomic mass is 19.1. The van der Waals surface area contributed by atoms with Gasteiger partial charge in [0.05, 0.1) is 6.10 Å². The summed E-state index contributed by atoms with van der Waals surface area (Å²) >= 11 is 0. The van der Waals surface area contributed by atoms with Gasteiger partial charge in [-0.3, -0.25) is 4.90 Å². The second-order valence-corrected chi connectivity index (χ2v) is 4.22. The summed E-state index contributed by atoms with van der Waals surface area (Å²) in [6.45, 7) is 1.74. The Labute approximate surface area is 79.1 Å². The lowest BCUT2D eigenvalue weighted by Crippen LogP contribution is -2.51. The first-order valence-electron chi connectivity index (χ1n) is 5.20. The van der Waals surface area contributed by atoms with Crippen molar-refractivity contribution in [3.8, 4) is 0 Å². The number of hydrogen-bond acceptors (Lipinski definition) is 2. The Morgan fingerprint density at radius 1 is 1.38 bits per heavy atom. The molecular weight excluding hydrogens is 169 g/mol. The van der Waals surface area contributed by atoms with E-state index >= 15 is 0 Å². The van der Waals surface area contributed by atoms with Crippen molar-refractivity contribution in [1.29, 1.82) is 0 Å². The molecule has 2 aliphatic rings. The van der Waals surface area contributed by atoms with Gasteiger partial charge in [-0.05, 0) is 32.2 Å². The predicted octanol–water partition coefficient (Wildman–Crippen LogP) is 1.60. The molecule has 0 N–H and O–H groups in total. The molecule has 1 saturated heterocycles. The molecule has 1 saturated carbocycles. The fourth-order valence-electron chi connectivity index (χ4n) is 2.31. The summed E-state index contributed by atoms with van der Waals surface area (Å²) in [6, 6.07) is 0.600. The minimum Gasteiger partial charge on any atom is -0.381 e. The summed E-state index contributed by atoms with van der Waals surface area (Å²) in [5.41, 5.74) is 0. The third-order valence-electron chi connectivity index (χ3n) is 3.31. The molecule has 0 spiro atoms. The van der Waals surface area contributed by atoms with Gasteiger partial charge in [-0.15, -0.1) is 0 Å². The third kappa shape index (κ3) is 2.02. The summed E-state index contributed by atoms with van der Waals surface area (Å²) in [6.07, 6.45) is 3.83. The largest absolute Gasteiger partial charge is 0.381 e. The summed E-state index contributed by atoms with van der Waals surface area (Å²) in [5.74, 6) is 0. The van der Waals surface area contributed by atoms with E-state index in [-0.39, 0.29) is 0 Å². The van der Waals surface area contributed by atoms with Crippen LogP contribution in [-0.4, -0.2) is 43.4 Å². The van der Waals surface area contributed by atoms with Crippen molar-refractivity contribution in [3.63, 3.8) is 0 Å². The van der Waals surface area contributed by atoms with E-state index in [4.69, 9.17) is 4.74 Å². The Hall–Kier alpha value is -0.150. The van der Waals surface area contributed by atoms with Gasteiger partial charge in [0.25, 0.3) is 0 Å². The monoisotopic (exact) mass is 187 g/mol. The molecule has 13 heavy (non-hydrogen) atoms. The second-order valence-electron chi connectivity index (χ2n) is 4.22. The van der Waals surface area contributed by atoms with E-state index in [2.05, 4.69) is 4.90 Å². The van der Waals surface area contributed by atoms with Crippen molar-refractivity contribution in [3.05, 3.63) is 0 Å². The third-order valence-corrected chi connectivity index (χ3v) is 3.31. The minimum atomic E-state index is -0.588. The van der Waals surface area contributed by atoms with Gasteiger partial charge in [-0.2, -0.15) is 0 Å². The number of rotatable bonds is 2. The molecule has 76 valence electrons. The summed E-state index contributed by atoms with van der Waals surface area (Å²) in [5, 5.41) is 0. The number of halogens is 1. The topological polar surface area (TPSA) is 12.5 Å². The van der Waals surface area contributed by atoms with Crippen LogP contribution < -0.4 is 0 Å². The molecule has 2 nitrogen and oxygen atoms in total. The van der Waals surface area contributed by atoms with E-state index in [1.165, 1.54) is 0 Å². The molecule has 2 rings (SSSR count). The van der Waals surface area contributed by atoms with Crippen LogP contribution in [0.15, 0.2) is 0 Å². The molecule has 1 heterocycles. The Morgan fingerprint density at radius 3 is 2.77 bits per heavy atom. The predicted molar refractivity (Wildman–Crippen MR) is 49.5 cm³/mol. The zero-order valence-electron chi connectivity index (χ0n) is 8.21. The standard InChI is InChI=1S/C10H18FNO/c1-13-10-5-9(6-10)12-4-2-3-8(11)7-12/h8-10H,2-7H2,1H3/t8-,9-,10-/m1/s1. The Bertz CT molecular complexity index is 170. The quantitative estimate of drug-likeness (QED) is 0.651. The van der Waals surface area contributed by atoms with Gasteiger partial charge >= 0.3 is 0 Å². The summed E-state index contributed by atoms with van der Waals surface area (Å²) < 4.78 is 18.3. The molecule has 0 radical (unpaired) electrons. The Morgan fingerprint density at radius 2 is 2.15 bits per heavy atom. The van der Waals surface area contributed by atoms with Crippen molar-refractivity contribution < 1.29 is 9.13 Å². The van der Waals surface area contributed by atoms with Crippen LogP contribution in [-0.2, 0) is 4.74 Å². The molecule has 3 heteroatoms. The van der Waals surface area contributed by atoms with Crippen LogP contribution in [0.4, 0.5) is 4.39 Å². The smallest absolute Gasteiger partial charge is 0.113 e. The van der Waals surface area contributed by atoms with E-state index in [0.717, 1.165) is 32.2 Å². The Balaban J connectivity index is 1.75. The molecule has 0 amide bonds. The van der Waals surface area contributed by atoms with E-state index in [9.17, 15) is 4.39 Å². The van der Waals surface area contributed by atoms with Crippen molar-refractivity contribution in [2.24, 2.45) is 0 Å². The zero-order valence-corrected chi connectivity index (χ0v) is 8.21. The van der Waals surface area contributed by atoms with Crippen molar-refractivity contribution in [2.75, 3.05) is 20.2 Å². The molecule has 1 atom stereocenters. The molecule has 2 fully saturated rings. The first-order valence-corrected chi connectivity index (χ1v) is 5.20. The lowest BCUT2D eigenvalue weighted by molar-refractivity contribution is -0.0412. The van der Waals surface area contributed by atoms with Gasteiger partial charge in [0.15, 0.2) is 0 Å². The van der Waals surface area contributed by atoms with Gasteiger partial charge in [-0.25, -0.2) is 4.39 Å². The molecule has 1 aliphatic carbocycles. The molecule has 0 unspecified atom stereocenters. The van der Waals surface area contributed by atoms with Gasteiger partial charge < -0.3 is 4.74 Å². The number of ether oxygens (including phenoxy) is 1. The zero-order chi connectivity index (χ0) is 9.26. The Kier molecular flexibility index (Phi) is 2.84. The molecule has 0 aromatic heterocycles. The average molecular weight is 187 g/mol. The van der Waals surface area contributed by atoms with E-state index < -0.39 is 6.17 Å². The van der Waals surface area contributed by atoms with Crippen LogP contribution in [0.3, 0.4) is 0 Å². The highest BCUT2D eigenvalue weighted by molar-refractivity contribution is 4.90. The number of piperidine rings is 1. The first kappa shape index (κ1) is 9.41. The van der Waals surface area contributed by atoms with Crippen LogP contribution in [0.2, 0.25) is 0 Å². The van der Waals surface area contributed by atoms with Crippen LogP contribution in [0.1, 0.15) is 25.7 Å². The van der Waals surface area contributed by atoms with E-state index in [0.29, 0.717) is 18.7 Å². The second kappa shape index (κ2) is 3.93. The van der Waals surface area contributed by atoms with Crippen LogP contribution >= 0.6 is 0 Å². The SMILES string of the molecule is CO[C@H]1C[C@H](N2CCC[C@@H](F)C2)C1. The molecule has 1 aliphatic heterocycles. The van der Waals surface area contributed by atoms with Crippen molar-refractivity contribution in [2.45, 2.75) is 44.0 Å². The van der Waals surface area contributed by atoms with E-state index in [1.807, 2.05) is 0 Å². The average Bonchev–Trinajstić information content (AvgIpc) is 2.02. The molecule has 0 bridgehead atoms. The van der Waals surface area contributed by atoms with Crippen LogP contribution in [0.25, 0.3) is 0 Å². The number of likely N-dealkylation sites (tertiary alicyclic amines) is 1. The highest BCUT2D eigenvalue weighted by Gasteiger charge is 2.35. The van der Waals surface area contributed by atoms with Crippen LogP contribution in [0, 0.1) is 0 Å². The molecule has 0 aromatic carbocycles. The van der Waals surface area contributed by atoms with Gasteiger partial charge in [0.2, 0.25) is 0 Å². The summed E-state index contributed by atoms with van der Waals surface area (Å²) in [4.78, 5) is 2.30. The number of hydrogen-bond donors (Lipinski definition) is 0. The number of alkyl halides is 1. The van der Waals surface area contributed by atoms with Gasteiger partial charge in [0, 0.05) is 19.7 Å². The number of methoxy groups -OCH3 is 1.